The summed E-state index contributed by atoms with van der Waals surface area (Å²) >= 11 is 0. The number of non-ortho nitro benzene ring substituents is 1. The SMILES string of the molecule is CC1(C)Cc2ccccc2C(CC(=O)C(=O)N/N=C\c2ccc([N+](=O)[O-])cc2)=N1. The highest BCUT2D eigenvalue weighted by molar-refractivity contribution is 6.40. The van der Waals surface area contributed by atoms with E-state index in [9.17, 15) is 19.7 Å². The fourth-order valence-electron chi connectivity index (χ4n) is 3.16. The lowest BCUT2D eigenvalue weighted by Gasteiger charge is -2.28. The fourth-order valence-corrected chi connectivity index (χ4v) is 3.16. The van der Waals surface area contributed by atoms with Gasteiger partial charge < -0.3 is 0 Å². The maximum absolute atomic E-state index is 12.4. The maximum atomic E-state index is 12.4. The van der Waals surface area contributed by atoms with Crippen molar-refractivity contribution in [3.8, 4) is 0 Å². The van der Waals surface area contributed by atoms with Gasteiger partial charge in [0.1, 0.15) is 0 Å². The van der Waals surface area contributed by atoms with Crippen molar-refractivity contribution in [3.05, 3.63) is 75.3 Å². The predicted octanol–water partition coefficient (Wildman–Crippen LogP) is 2.83. The number of aliphatic imine (C=N–C) groups is 1. The third-order valence-corrected chi connectivity index (χ3v) is 4.45. The smallest absolute Gasteiger partial charge is 0.288 e. The van der Waals surface area contributed by atoms with Gasteiger partial charge in [0.05, 0.1) is 28.8 Å². The third-order valence-electron chi connectivity index (χ3n) is 4.45. The van der Waals surface area contributed by atoms with E-state index >= 15 is 0 Å². The van der Waals surface area contributed by atoms with Gasteiger partial charge in [0.25, 0.3) is 5.69 Å². The van der Waals surface area contributed by atoms with E-state index in [1.807, 2.05) is 38.1 Å². The van der Waals surface area contributed by atoms with Gasteiger partial charge in [-0.3, -0.25) is 24.7 Å². The number of hydrogen-bond acceptors (Lipinski definition) is 6. The zero-order valence-electron chi connectivity index (χ0n) is 16.1. The van der Waals surface area contributed by atoms with Crippen LogP contribution < -0.4 is 5.43 Å². The molecule has 8 heteroatoms. The van der Waals surface area contributed by atoms with Crippen LogP contribution in [0.15, 0.2) is 58.6 Å². The van der Waals surface area contributed by atoms with Crippen molar-refractivity contribution in [1.29, 1.82) is 0 Å². The Morgan fingerprint density at radius 2 is 1.90 bits per heavy atom. The molecular formula is C21H20N4O4. The summed E-state index contributed by atoms with van der Waals surface area (Å²) in [5, 5.41) is 14.4. The minimum absolute atomic E-state index is 0.0437. The molecule has 1 aliphatic heterocycles. The summed E-state index contributed by atoms with van der Waals surface area (Å²) in [4.78, 5) is 39.2. The van der Waals surface area contributed by atoms with Crippen molar-refractivity contribution in [2.75, 3.05) is 0 Å². The summed E-state index contributed by atoms with van der Waals surface area (Å²) in [7, 11) is 0. The molecule has 0 radical (unpaired) electrons. The molecule has 2 aromatic carbocycles. The monoisotopic (exact) mass is 392 g/mol. The molecule has 0 aliphatic carbocycles. The van der Waals surface area contributed by atoms with Crippen LogP contribution in [-0.2, 0) is 16.0 Å². The summed E-state index contributed by atoms with van der Waals surface area (Å²) < 4.78 is 0. The lowest BCUT2D eigenvalue weighted by molar-refractivity contribution is -0.384. The lowest BCUT2D eigenvalue weighted by atomic mass is 9.85. The number of amides is 1. The zero-order valence-corrected chi connectivity index (χ0v) is 16.1. The molecule has 0 spiro atoms. The van der Waals surface area contributed by atoms with Crippen LogP contribution in [0.25, 0.3) is 0 Å². The molecule has 2 aromatic rings. The van der Waals surface area contributed by atoms with Crippen LogP contribution in [-0.4, -0.2) is 34.1 Å². The van der Waals surface area contributed by atoms with Crippen LogP contribution in [0.4, 0.5) is 5.69 Å². The molecule has 0 saturated carbocycles. The predicted molar refractivity (Wildman–Crippen MR) is 109 cm³/mol. The van der Waals surface area contributed by atoms with Crippen LogP contribution in [0.2, 0.25) is 0 Å². The van der Waals surface area contributed by atoms with Crippen LogP contribution in [0.5, 0.6) is 0 Å². The van der Waals surface area contributed by atoms with Gasteiger partial charge in [-0.1, -0.05) is 24.3 Å². The number of hydrazone groups is 1. The Kier molecular flexibility index (Phi) is 5.63. The van der Waals surface area contributed by atoms with Crippen LogP contribution in [0.3, 0.4) is 0 Å². The van der Waals surface area contributed by atoms with Gasteiger partial charge in [-0.15, -0.1) is 0 Å². The second kappa shape index (κ2) is 8.14. The Bertz CT molecular complexity index is 1020. The van der Waals surface area contributed by atoms with E-state index < -0.39 is 16.6 Å². The number of rotatable bonds is 6. The first-order chi connectivity index (χ1) is 13.7. The quantitative estimate of drug-likeness (QED) is 0.352. The highest BCUT2D eigenvalue weighted by Crippen LogP contribution is 2.27. The molecule has 0 bridgehead atoms. The molecule has 0 aromatic heterocycles. The minimum atomic E-state index is -0.841. The minimum Gasteiger partial charge on any atom is -0.288 e. The van der Waals surface area contributed by atoms with Crippen molar-refractivity contribution in [2.45, 2.75) is 32.2 Å². The van der Waals surface area contributed by atoms with Gasteiger partial charge in [-0.05, 0) is 49.1 Å². The van der Waals surface area contributed by atoms with E-state index in [4.69, 9.17) is 0 Å². The van der Waals surface area contributed by atoms with Gasteiger partial charge in [-0.2, -0.15) is 5.10 Å². The number of carbonyl (C=O) groups is 2. The molecule has 1 heterocycles. The molecule has 148 valence electrons. The number of nitrogens with zero attached hydrogens (tertiary/aromatic N) is 3. The van der Waals surface area contributed by atoms with Crippen molar-refractivity contribution >= 4 is 29.3 Å². The van der Waals surface area contributed by atoms with Crippen molar-refractivity contribution in [3.63, 3.8) is 0 Å². The number of hydrogen-bond donors (Lipinski definition) is 1. The lowest BCUT2D eigenvalue weighted by Crippen LogP contribution is -2.33. The van der Waals surface area contributed by atoms with Gasteiger partial charge in [-0.25, -0.2) is 5.43 Å². The second-order valence-electron chi connectivity index (χ2n) is 7.35. The number of nitro groups is 1. The summed E-state index contributed by atoms with van der Waals surface area (Å²) in [6.07, 6.45) is 1.97. The molecular weight excluding hydrogens is 372 g/mol. The Balaban J connectivity index is 1.64. The molecule has 0 fully saturated rings. The third kappa shape index (κ3) is 4.98. The molecule has 3 rings (SSSR count). The highest BCUT2D eigenvalue weighted by Gasteiger charge is 2.28. The summed E-state index contributed by atoms with van der Waals surface area (Å²) in [6.45, 7) is 3.98. The average Bonchev–Trinajstić information content (AvgIpc) is 2.67. The Morgan fingerprint density at radius 1 is 1.21 bits per heavy atom. The van der Waals surface area contributed by atoms with Crippen molar-refractivity contribution in [2.24, 2.45) is 10.1 Å². The van der Waals surface area contributed by atoms with Crippen molar-refractivity contribution in [1.82, 2.24) is 5.43 Å². The molecule has 29 heavy (non-hydrogen) atoms. The van der Waals surface area contributed by atoms with E-state index in [1.165, 1.54) is 30.5 Å². The standard InChI is InChI=1S/C21H20N4O4/c1-21(2)12-15-5-3-4-6-17(15)18(23-21)11-19(26)20(27)24-22-13-14-7-9-16(10-8-14)25(28)29/h3-10,13H,11-12H2,1-2H3,(H,24,27)/b22-13-. The Morgan fingerprint density at radius 3 is 2.59 bits per heavy atom. The van der Waals surface area contributed by atoms with E-state index in [0.29, 0.717) is 11.3 Å². The van der Waals surface area contributed by atoms with Crippen LogP contribution in [0, 0.1) is 10.1 Å². The molecule has 1 amide bonds. The molecule has 1 N–H and O–H groups in total. The topological polar surface area (TPSA) is 114 Å². The zero-order chi connectivity index (χ0) is 21.0. The van der Waals surface area contributed by atoms with E-state index in [2.05, 4.69) is 15.5 Å². The van der Waals surface area contributed by atoms with E-state index in [0.717, 1.165) is 17.5 Å². The Labute approximate surface area is 167 Å². The van der Waals surface area contributed by atoms with E-state index in [-0.39, 0.29) is 17.6 Å². The molecule has 0 saturated heterocycles. The first kappa shape index (κ1) is 20.1. The molecule has 0 atom stereocenters. The number of ketones is 1. The second-order valence-corrected chi connectivity index (χ2v) is 7.35. The maximum Gasteiger partial charge on any atom is 0.307 e. The summed E-state index contributed by atoms with van der Waals surface area (Å²) in [5.41, 5.74) is 4.95. The first-order valence-corrected chi connectivity index (χ1v) is 9.03. The average molecular weight is 392 g/mol. The summed E-state index contributed by atoms with van der Waals surface area (Å²) in [6, 6.07) is 13.4. The Hall–Kier alpha value is -3.68. The van der Waals surface area contributed by atoms with Crippen LogP contribution in [0.1, 0.15) is 37.0 Å². The molecule has 8 nitrogen and oxygen atoms in total. The van der Waals surface area contributed by atoms with Crippen molar-refractivity contribution < 1.29 is 14.5 Å². The van der Waals surface area contributed by atoms with E-state index in [1.54, 1.807) is 0 Å². The molecule has 1 aliphatic rings. The number of nitrogens with one attached hydrogen (secondary N) is 1. The fraction of sp³-hybridized carbons (Fsp3) is 0.238. The normalized spacial score (nSPS) is 14.8. The summed E-state index contributed by atoms with van der Waals surface area (Å²) in [5.74, 6) is -1.48. The highest BCUT2D eigenvalue weighted by atomic mass is 16.6. The van der Waals surface area contributed by atoms with Gasteiger partial charge in [0, 0.05) is 12.1 Å². The number of Topliss-reactive ketones (excluding diaryl/α,β-unsaturated/α-hetero) is 1. The van der Waals surface area contributed by atoms with Gasteiger partial charge in [0.2, 0.25) is 5.78 Å². The molecule has 0 unspecified atom stereocenters. The van der Waals surface area contributed by atoms with Gasteiger partial charge >= 0.3 is 5.91 Å². The number of nitro benzene ring substituents is 1. The first-order valence-electron chi connectivity index (χ1n) is 9.03. The number of fused-ring (bicyclic) bond motifs is 1. The van der Waals surface area contributed by atoms with Gasteiger partial charge in [0.15, 0.2) is 0 Å². The number of carbonyl (C=O) groups excluding carboxylic acids is 2. The van der Waals surface area contributed by atoms with Crippen LogP contribution >= 0.6 is 0 Å². The number of benzene rings is 2. The largest absolute Gasteiger partial charge is 0.307 e.